The molecule has 0 radical (unpaired) electrons. The van der Waals surface area contributed by atoms with Gasteiger partial charge < -0.3 is 14.6 Å². The first-order valence-electron chi connectivity index (χ1n) is 11.7. The van der Waals surface area contributed by atoms with E-state index < -0.39 is 11.9 Å². The molecule has 1 N–H and O–H groups in total. The number of carbonyl (C=O) groups excluding carboxylic acids is 2. The minimum absolute atomic E-state index is 0.0156. The zero-order chi connectivity index (χ0) is 28.1. The van der Waals surface area contributed by atoms with Gasteiger partial charge in [0.05, 0.1) is 21.6 Å². The summed E-state index contributed by atoms with van der Waals surface area (Å²) in [5, 5.41) is 11.3. The number of benzene rings is 3. The third-order valence-corrected chi connectivity index (χ3v) is 7.14. The number of halogens is 3. The Kier molecular flexibility index (Phi) is 9.12. The van der Waals surface area contributed by atoms with Crippen molar-refractivity contribution < 1.29 is 28.6 Å². The SMILES string of the molecule is CCOC(=O)C1=C(O)/C(=C/c2cc(Cl)c(OCc3ccc(F)cc3)c(Cl)c2)SC1=NC(=O)c1ccccc1C. The Hall–Kier alpha value is -3.59. The highest BCUT2D eigenvalue weighted by atomic mass is 35.5. The molecule has 39 heavy (non-hydrogen) atoms. The fourth-order valence-electron chi connectivity index (χ4n) is 3.65. The molecule has 0 bridgehead atoms. The molecule has 0 saturated heterocycles. The second kappa shape index (κ2) is 12.5. The van der Waals surface area contributed by atoms with E-state index in [9.17, 15) is 19.1 Å². The van der Waals surface area contributed by atoms with Crippen molar-refractivity contribution >= 4 is 58.0 Å². The maximum atomic E-state index is 13.1. The number of aryl methyl sites for hydroxylation is 1. The number of esters is 1. The summed E-state index contributed by atoms with van der Waals surface area (Å²) in [4.78, 5) is 29.9. The average Bonchev–Trinajstić information content (AvgIpc) is 3.19. The number of aliphatic hydroxyl groups excluding tert-OH is 1. The summed E-state index contributed by atoms with van der Waals surface area (Å²) in [5.74, 6) is -1.85. The quantitative estimate of drug-likeness (QED) is 0.286. The van der Waals surface area contributed by atoms with Crippen LogP contribution >= 0.6 is 35.0 Å². The van der Waals surface area contributed by atoms with E-state index in [1.54, 1.807) is 68.5 Å². The number of ether oxygens (including phenoxy) is 2. The van der Waals surface area contributed by atoms with Gasteiger partial charge in [0.15, 0.2) is 5.75 Å². The third-order valence-electron chi connectivity index (χ3n) is 5.56. The van der Waals surface area contributed by atoms with E-state index in [0.29, 0.717) is 11.1 Å². The number of thioether (sulfide) groups is 1. The lowest BCUT2D eigenvalue weighted by atomic mass is 10.1. The first kappa shape index (κ1) is 28.4. The monoisotopic (exact) mass is 585 g/mol. The molecule has 3 aromatic rings. The fraction of sp³-hybridized carbons (Fsp3) is 0.138. The molecular weight excluding hydrogens is 564 g/mol. The van der Waals surface area contributed by atoms with Crippen LogP contribution in [0.1, 0.15) is 34.0 Å². The number of nitrogens with zero attached hydrogens (tertiary/aromatic N) is 1. The predicted molar refractivity (Wildman–Crippen MR) is 152 cm³/mol. The zero-order valence-electron chi connectivity index (χ0n) is 20.8. The highest BCUT2D eigenvalue weighted by Crippen LogP contribution is 2.41. The summed E-state index contributed by atoms with van der Waals surface area (Å²) in [6.45, 7) is 3.61. The molecule has 1 aliphatic rings. The van der Waals surface area contributed by atoms with Gasteiger partial charge in [0.1, 0.15) is 28.8 Å². The molecule has 4 rings (SSSR count). The van der Waals surface area contributed by atoms with Gasteiger partial charge in [-0.25, -0.2) is 14.2 Å². The lowest BCUT2D eigenvalue weighted by Gasteiger charge is -2.11. The molecule has 1 aliphatic heterocycles. The minimum atomic E-state index is -0.803. The Morgan fingerprint density at radius 3 is 2.38 bits per heavy atom. The van der Waals surface area contributed by atoms with Gasteiger partial charge in [-0.3, -0.25) is 4.79 Å². The fourth-order valence-corrected chi connectivity index (χ4v) is 5.27. The van der Waals surface area contributed by atoms with Crippen molar-refractivity contribution in [1.82, 2.24) is 0 Å². The van der Waals surface area contributed by atoms with E-state index in [0.717, 1.165) is 22.9 Å². The first-order valence-corrected chi connectivity index (χ1v) is 13.3. The van der Waals surface area contributed by atoms with Crippen LogP contribution in [0.3, 0.4) is 0 Å². The molecule has 3 aromatic carbocycles. The molecule has 1 amide bonds. The Balaban J connectivity index is 1.63. The largest absolute Gasteiger partial charge is 0.506 e. The summed E-state index contributed by atoms with van der Waals surface area (Å²) in [6.07, 6.45) is 1.56. The number of rotatable bonds is 7. The number of aliphatic hydroxyl groups is 1. The molecule has 0 aliphatic carbocycles. The highest BCUT2D eigenvalue weighted by Gasteiger charge is 2.34. The van der Waals surface area contributed by atoms with E-state index in [1.165, 1.54) is 12.1 Å². The molecule has 0 fully saturated rings. The van der Waals surface area contributed by atoms with Crippen LogP contribution in [0.15, 0.2) is 81.9 Å². The lowest BCUT2D eigenvalue weighted by molar-refractivity contribution is -0.138. The van der Waals surface area contributed by atoms with Crippen LogP contribution in [0, 0.1) is 12.7 Å². The van der Waals surface area contributed by atoms with Gasteiger partial charge in [0.2, 0.25) is 0 Å². The van der Waals surface area contributed by atoms with E-state index in [-0.39, 0.29) is 56.1 Å². The van der Waals surface area contributed by atoms with Crippen LogP contribution in [-0.4, -0.2) is 28.6 Å². The average molecular weight is 586 g/mol. The van der Waals surface area contributed by atoms with Crippen LogP contribution < -0.4 is 4.74 Å². The number of hydrogen-bond acceptors (Lipinski definition) is 6. The highest BCUT2D eigenvalue weighted by molar-refractivity contribution is 8.18. The van der Waals surface area contributed by atoms with E-state index in [4.69, 9.17) is 32.7 Å². The van der Waals surface area contributed by atoms with Crippen molar-refractivity contribution in [3.8, 4) is 5.75 Å². The van der Waals surface area contributed by atoms with Crippen molar-refractivity contribution in [2.75, 3.05) is 6.61 Å². The van der Waals surface area contributed by atoms with Crippen molar-refractivity contribution in [2.24, 2.45) is 4.99 Å². The van der Waals surface area contributed by atoms with Crippen LogP contribution in [0.2, 0.25) is 10.0 Å². The summed E-state index contributed by atoms with van der Waals surface area (Å²) in [7, 11) is 0. The maximum Gasteiger partial charge on any atom is 0.344 e. The molecule has 0 unspecified atom stereocenters. The van der Waals surface area contributed by atoms with Gasteiger partial charge >= 0.3 is 5.97 Å². The van der Waals surface area contributed by atoms with Gasteiger partial charge in [-0.15, -0.1) is 0 Å². The summed E-state index contributed by atoms with van der Waals surface area (Å²) >= 11 is 13.8. The molecular formula is C29H22Cl2FNO5S. The first-order chi connectivity index (χ1) is 18.7. The van der Waals surface area contributed by atoms with Gasteiger partial charge in [0.25, 0.3) is 5.91 Å². The summed E-state index contributed by atoms with van der Waals surface area (Å²) in [6, 6.07) is 15.9. The van der Waals surface area contributed by atoms with E-state index >= 15 is 0 Å². The molecule has 6 nitrogen and oxygen atoms in total. The van der Waals surface area contributed by atoms with Crippen molar-refractivity contribution in [2.45, 2.75) is 20.5 Å². The van der Waals surface area contributed by atoms with Crippen molar-refractivity contribution in [1.29, 1.82) is 0 Å². The van der Waals surface area contributed by atoms with Crippen LogP contribution in [0.5, 0.6) is 5.75 Å². The summed E-state index contributed by atoms with van der Waals surface area (Å²) < 4.78 is 24.0. The van der Waals surface area contributed by atoms with Crippen LogP contribution in [0.25, 0.3) is 6.08 Å². The molecule has 0 saturated carbocycles. The maximum absolute atomic E-state index is 13.1. The van der Waals surface area contributed by atoms with Crippen molar-refractivity contribution in [3.05, 3.63) is 115 Å². The van der Waals surface area contributed by atoms with Crippen LogP contribution in [-0.2, 0) is 16.1 Å². The molecule has 1 heterocycles. The normalized spacial score (nSPS) is 15.2. The van der Waals surface area contributed by atoms with Crippen molar-refractivity contribution in [3.63, 3.8) is 0 Å². The second-order valence-corrected chi connectivity index (χ2v) is 10.2. The molecule has 10 heteroatoms. The molecule has 0 spiro atoms. The van der Waals surface area contributed by atoms with E-state index in [1.807, 2.05) is 0 Å². The number of amides is 1. The van der Waals surface area contributed by atoms with E-state index in [2.05, 4.69) is 4.99 Å². The Morgan fingerprint density at radius 1 is 1.08 bits per heavy atom. The minimum Gasteiger partial charge on any atom is -0.506 e. The number of carbonyl (C=O) groups is 2. The standard InChI is InChI=1S/C29H22Cl2FNO5S/c1-3-37-29(36)24-25(34)23(39-28(24)33-27(35)20-7-5-4-6-16(20)2)14-18-12-21(30)26(22(31)13-18)38-15-17-8-10-19(32)11-9-17/h4-14,34H,3,15H2,1-2H3/b23-14-,33-28?. The lowest BCUT2D eigenvalue weighted by Crippen LogP contribution is -2.14. The number of hydrogen-bond donors (Lipinski definition) is 1. The molecule has 0 aromatic heterocycles. The van der Waals surface area contributed by atoms with Gasteiger partial charge in [-0.05, 0) is 66.9 Å². The molecule has 0 atom stereocenters. The molecule has 200 valence electrons. The van der Waals surface area contributed by atoms with Crippen LogP contribution in [0.4, 0.5) is 4.39 Å². The topological polar surface area (TPSA) is 85.2 Å². The number of aliphatic imine (C=N–C) groups is 1. The predicted octanol–water partition coefficient (Wildman–Crippen LogP) is 7.72. The van der Waals surface area contributed by atoms with Gasteiger partial charge in [0, 0.05) is 5.56 Å². The zero-order valence-corrected chi connectivity index (χ0v) is 23.2. The summed E-state index contributed by atoms with van der Waals surface area (Å²) in [5.41, 5.74) is 2.13. The Bertz CT molecular complexity index is 1510. The Labute approximate surface area is 238 Å². The second-order valence-electron chi connectivity index (χ2n) is 8.32. The van der Waals surface area contributed by atoms with Gasteiger partial charge in [-0.2, -0.15) is 0 Å². The third kappa shape index (κ3) is 6.71. The Morgan fingerprint density at radius 2 is 1.74 bits per heavy atom. The smallest absolute Gasteiger partial charge is 0.344 e. The van der Waals surface area contributed by atoms with Gasteiger partial charge in [-0.1, -0.05) is 65.3 Å².